The van der Waals surface area contributed by atoms with Gasteiger partial charge in [0.05, 0.1) is 13.2 Å². The molecule has 4 aliphatic rings. The van der Waals surface area contributed by atoms with Crippen LogP contribution in [0.4, 0.5) is 0 Å². The molecule has 6 nitrogen and oxygen atoms in total. The zero-order chi connectivity index (χ0) is 40.2. The Morgan fingerprint density at radius 3 is 1.25 bits per heavy atom. The van der Waals surface area contributed by atoms with Gasteiger partial charge in [-0.25, -0.2) is 0 Å². The zero-order valence-corrected chi connectivity index (χ0v) is 35.4. The van der Waals surface area contributed by atoms with E-state index in [0.29, 0.717) is 11.3 Å². The molecule has 0 spiro atoms. The van der Waals surface area contributed by atoms with Crippen molar-refractivity contribution < 1.29 is 9.47 Å². The molecule has 6 heteroatoms. The molecule has 0 N–H and O–H groups in total. The van der Waals surface area contributed by atoms with E-state index in [0.717, 1.165) is 83.5 Å². The number of likely N-dealkylation sites (tertiary alicyclic amines) is 4. The number of piperidine rings is 2. The summed E-state index contributed by atoms with van der Waals surface area (Å²) < 4.78 is 12.1. The van der Waals surface area contributed by atoms with Gasteiger partial charge in [0.15, 0.2) is 0 Å². The second kappa shape index (κ2) is 20.3. The minimum absolute atomic E-state index is 0.194. The summed E-state index contributed by atoms with van der Waals surface area (Å²) in [6.45, 7) is 15.4. The van der Waals surface area contributed by atoms with Gasteiger partial charge in [0.2, 0.25) is 0 Å². The first-order valence-corrected chi connectivity index (χ1v) is 22.3. The number of hydrogen-bond acceptors (Lipinski definition) is 6. The smallest absolute Gasteiger partial charge is 0.119 e. The van der Waals surface area contributed by atoms with Gasteiger partial charge in [-0.1, -0.05) is 140 Å². The summed E-state index contributed by atoms with van der Waals surface area (Å²) in [7, 11) is 1.87. The third-order valence-electron chi connectivity index (χ3n) is 13.7. The van der Waals surface area contributed by atoms with E-state index in [1.54, 1.807) is 0 Å². The standard InChI is InChI=1S/C29H34N2O.C24H32N2O/c1-4-10-25(11-5-1)16-18-30-19-17-27-21-31(20-26-12-6-2-7-13-26)23-29(27,22-30)24-32-28-14-8-3-9-15-28;1-27-20-24-18-25(14-12-21-8-4-2-5-9-21)15-13-23(24)17-26(19-24)16-22-10-6-3-7-11-22/h1-15,27H,16-24H2;2-11,23H,12-20H2,1H3. The Morgan fingerprint density at radius 1 is 0.458 bits per heavy atom. The monoisotopic (exact) mass is 791 g/mol. The number of nitrogens with zero attached hydrogens (tertiary/aromatic N) is 4. The molecule has 0 radical (unpaired) electrons. The number of hydrogen-bond donors (Lipinski definition) is 0. The van der Waals surface area contributed by atoms with Crippen LogP contribution in [-0.4, -0.2) is 105 Å². The number of rotatable bonds is 15. The zero-order valence-electron chi connectivity index (χ0n) is 35.4. The molecule has 5 aromatic rings. The van der Waals surface area contributed by atoms with Crippen LogP contribution in [0.25, 0.3) is 0 Å². The number of fused-ring (bicyclic) bond motifs is 2. The lowest BCUT2D eigenvalue weighted by atomic mass is 9.74. The predicted octanol–water partition coefficient (Wildman–Crippen LogP) is 8.83. The molecule has 0 saturated carbocycles. The summed E-state index contributed by atoms with van der Waals surface area (Å²) in [5.41, 5.74) is 6.19. The Kier molecular flexibility index (Phi) is 14.3. The lowest BCUT2D eigenvalue weighted by Gasteiger charge is -2.44. The third-order valence-corrected chi connectivity index (χ3v) is 13.7. The van der Waals surface area contributed by atoms with Crippen molar-refractivity contribution in [3.8, 4) is 5.75 Å². The van der Waals surface area contributed by atoms with Gasteiger partial charge in [-0.2, -0.15) is 0 Å². The molecule has 4 saturated heterocycles. The fraction of sp³-hybridized carbons (Fsp3) is 0.434. The topological polar surface area (TPSA) is 31.4 Å². The molecule has 5 aromatic carbocycles. The van der Waals surface area contributed by atoms with Crippen molar-refractivity contribution in [3.05, 3.63) is 174 Å². The Balaban J connectivity index is 0.000000167. The first-order valence-electron chi connectivity index (χ1n) is 22.3. The second-order valence-electron chi connectivity index (χ2n) is 18.1. The lowest BCUT2D eigenvalue weighted by Crippen LogP contribution is -2.52. The molecule has 0 bridgehead atoms. The van der Waals surface area contributed by atoms with E-state index in [-0.39, 0.29) is 5.41 Å². The van der Waals surface area contributed by atoms with Crippen LogP contribution in [0.5, 0.6) is 5.75 Å². The first-order chi connectivity index (χ1) is 29.1. The Bertz CT molecular complexity index is 1950. The van der Waals surface area contributed by atoms with Crippen LogP contribution >= 0.6 is 0 Å². The van der Waals surface area contributed by atoms with Gasteiger partial charge >= 0.3 is 0 Å². The summed E-state index contributed by atoms with van der Waals surface area (Å²) in [5.74, 6) is 2.44. The highest BCUT2D eigenvalue weighted by atomic mass is 16.5. The van der Waals surface area contributed by atoms with Gasteiger partial charge in [0.25, 0.3) is 0 Å². The largest absolute Gasteiger partial charge is 0.493 e. The maximum atomic E-state index is 6.41. The van der Waals surface area contributed by atoms with Crippen molar-refractivity contribution in [2.24, 2.45) is 22.7 Å². The molecular weight excluding hydrogens is 725 g/mol. The molecular formula is C53H66N4O2. The summed E-state index contributed by atoms with van der Waals surface area (Å²) in [4.78, 5) is 10.7. The van der Waals surface area contributed by atoms with Crippen molar-refractivity contribution in [1.29, 1.82) is 0 Å². The van der Waals surface area contributed by atoms with E-state index in [4.69, 9.17) is 9.47 Å². The molecule has 4 heterocycles. The van der Waals surface area contributed by atoms with Crippen molar-refractivity contribution in [3.63, 3.8) is 0 Å². The lowest BCUT2D eigenvalue weighted by molar-refractivity contribution is -0.00660. The molecule has 0 amide bonds. The van der Waals surface area contributed by atoms with Crippen LogP contribution in [0.1, 0.15) is 35.1 Å². The van der Waals surface area contributed by atoms with E-state index in [1.807, 2.05) is 7.11 Å². The fourth-order valence-corrected chi connectivity index (χ4v) is 10.8. The van der Waals surface area contributed by atoms with Gasteiger partial charge in [-0.15, -0.1) is 0 Å². The van der Waals surface area contributed by atoms with Gasteiger partial charge in [-0.3, -0.25) is 9.80 Å². The first kappa shape index (κ1) is 41.4. The summed E-state index contributed by atoms with van der Waals surface area (Å²) in [6, 6.07) is 53.9. The Morgan fingerprint density at radius 2 is 0.831 bits per heavy atom. The summed E-state index contributed by atoms with van der Waals surface area (Å²) >= 11 is 0. The second-order valence-corrected chi connectivity index (χ2v) is 18.1. The minimum atomic E-state index is 0.194. The van der Waals surface area contributed by atoms with E-state index < -0.39 is 0 Å². The number of benzene rings is 5. The summed E-state index contributed by atoms with van der Waals surface area (Å²) in [6.07, 6.45) is 4.82. The summed E-state index contributed by atoms with van der Waals surface area (Å²) in [5, 5.41) is 0. The van der Waals surface area contributed by atoms with Gasteiger partial charge in [0.1, 0.15) is 5.75 Å². The SMILES string of the molecule is COCC12CN(CCc3ccccc3)CCC1CN(Cc1ccccc1)C2.c1ccc(CCN2CCC3CN(Cc4ccccc4)CC3(COc3ccccc3)C2)cc1. The van der Waals surface area contributed by atoms with Crippen LogP contribution in [0.2, 0.25) is 0 Å². The van der Waals surface area contributed by atoms with E-state index >= 15 is 0 Å². The number of methoxy groups -OCH3 is 1. The maximum absolute atomic E-state index is 6.41. The minimum Gasteiger partial charge on any atom is -0.493 e. The molecule has 4 aliphatic heterocycles. The quantitative estimate of drug-likeness (QED) is 0.105. The van der Waals surface area contributed by atoms with Gasteiger partial charge in [-0.05, 0) is 85.0 Å². The molecule has 4 unspecified atom stereocenters. The highest BCUT2D eigenvalue weighted by Crippen LogP contribution is 2.44. The molecule has 0 aliphatic carbocycles. The average Bonchev–Trinajstić information content (AvgIpc) is 3.83. The van der Waals surface area contributed by atoms with Crippen molar-refractivity contribution in [2.45, 2.75) is 38.8 Å². The van der Waals surface area contributed by atoms with Crippen LogP contribution in [0.15, 0.2) is 152 Å². The molecule has 4 atom stereocenters. The van der Waals surface area contributed by atoms with E-state index in [2.05, 4.69) is 171 Å². The number of ether oxygens (including phenoxy) is 2. The molecule has 59 heavy (non-hydrogen) atoms. The highest BCUT2D eigenvalue weighted by molar-refractivity contribution is 5.22. The van der Waals surface area contributed by atoms with Gasteiger partial charge in [0, 0.05) is 83.4 Å². The van der Waals surface area contributed by atoms with Crippen molar-refractivity contribution >= 4 is 0 Å². The predicted molar refractivity (Wildman–Crippen MR) is 242 cm³/mol. The van der Waals surface area contributed by atoms with Crippen LogP contribution < -0.4 is 4.74 Å². The Hall–Kier alpha value is -4.30. The highest BCUT2D eigenvalue weighted by Gasteiger charge is 2.51. The average molecular weight is 791 g/mol. The van der Waals surface area contributed by atoms with E-state index in [9.17, 15) is 0 Å². The van der Waals surface area contributed by atoms with Crippen LogP contribution in [0.3, 0.4) is 0 Å². The molecule has 310 valence electrons. The maximum Gasteiger partial charge on any atom is 0.119 e. The fourth-order valence-electron chi connectivity index (χ4n) is 10.8. The molecule has 9 rings (SSSR count). The van der Waals surface area contributed by atoms with E-state index in [1.165, 1.54) is 67.8 Å². The van der Waals surface area contributed by atoms with Crippen LogP contribution in [0, 0.1) is 22.7 Å². The van der Waals surface area contributed by atoms with Crippen molar-refractivity contribution in [2.75, 3.05) is 85.8 Å². The normalized spacial score (nSPS) is 24.8. The molecule has 0 aromatic heterocycles. The van der Waals surface area contributed by atoms with Crippen molar-refractivity contribution in [1.82, 2.24) is 19.6 Å². The number of para-hydroxylation sites is 1. The molecule has 4 fully saturated rings. The van der Waals surface area contributed by atoms with Gasteiger partial charge < -0.3 is 19.3 Å². The Labute approximate surface area is 354 Å². The third kappa shape index (κ3) is 11.1. The van der Waals surface area contributed by atoms with Crippen LogP contribution in [-0.2, 0) is 30.7 Å².